The van der Waals surface area contributed by atoms with E-state index in [-0.39, 0.29) is 5.75 Å². The van der Waals surface area contributed by atoms with Crippen LogP contribution in [0.25, 0.3) is 10.8 Å². The number of aromatic hydroxyl groups is 1. The average molecular weight is 355 g/mol. The van der Waals surface area contributed by atoms with E-state index < -0.39 is 11.6 Å². The molecule has 3 nitrogen and oxygen atoms in total. The zero-order valence-corrected chi connectivity index (χ0v) is 14.4. The van der Waals surface area contributed by atoms with Crippen LogP contribution in [0.3, 0.4) is 0 Å². The number of ether oxygens (including phenoxy) is 1. The number of phenols is 1. The minimum absolute atomic E-state index is 0.153. The van der Waals surface area contributed by atoms with Gasteiger partial charge in [-0.1, -0.05) is 12.1 Å². The summed E-state index contributed by atoms with van der Waals surface area (Å²) in [5.41, 5.74) is 1.81. The van der Waals surface area contributed by atoms with Gasteiger partial charge in [0.2, 0.25) is 0 Å². The van der Waals surface area contributed by atoms with Gasteiger partial charge in [0.25, 0.3) is 0 Å². The average Bonchev–Trinajstić information content (AvgIpc) is 2.63. The second-order valence-corrected chi connectivity index (χ2v) is 6.57. The third-order valence-electron chi connectivity index (χ3n) is 4.96. The molecule has 1 heterocycles. The normalized spacial score (nSPS) is 13.7. The Morgan fingerprint density at radius 3 is 2.73 bits per heavy atom. The van der Waals surface area contributed by atoms with Crippen LogP contribution in [-0.2, 0) is 13.0 Å². The minimum Gasteiger partial charge on any atom is -0.508 e. The third kappa shape index (κ3) is 2.83. The molecule has 0 saturated carbocycles. The maximum atomic E-state index is 14.5. The number of phenolic OH excluding ortho intramolecular Hbond substituents is 1. The molecule has 0 atom stereocenters. The zero-order chi connectivity index (χ0) is 18.3. The monoisotopic (exact) mass is 355 g/mol. The fourth-order valence-electron chi connectivity index (χ4n) is 3.73. The third-order valence-corrected chi connectivity index (χ3v) is 4.96. The van der Waals surface area contributed by atoms with Gasteiger partial charge in [0, 0.05) is 24.7 Å². The smallest absolute Gasteiger partial charge is 0.149 e. The lowest BCUT2D eigenvalue weighted by Gasteiger charge is -2.32. The van der Waals surface area contributed by atoms with E-state index in [2.05, 4.69) is 0 Å². The predicted molar refractivity (Wildman–Crippen MR) is 97.9 cm³/mol. The molecule has 0 spiro atoms. The van der Waals surface area contributed by atoms with Gasteiger partial charge >= 0.3 is 0 Å². The highest BCUT2D eigenvalue weighted by atomic mass is 19.1. The van der Waals surface area contributed by atoms with Gasteiger partial charge < -0.3 is 14.7 Å². The fraction of sp³-hybridized carbons (Fsp3) is 0.238. The standard InChI is InChI=1S/C21H19F2NO2/c1-26-16-6-4-13-5-7-20(25)18(17(13)11-16)12-24-8-2-3-14-9-15(22)10-19(23)21(14)24/h4-7,9-11,25H,2-3,8,12H2,1H3. The number of halogens is 2. The molecule has 1 aliphatic heterocycles. The van der Waals surface area contributed by atoms with Gasteiger partial charge in [-0.25, -0.2) is 8.78 Å². The zero-order valence-electron chi connectivity index (χ0n) is 14.4. The molecular formula is C21H19F2NO2. The summed E-state index contributed by atoms with van der Waals surface area (Å²) in [6, 6.07) is 11.5. The van der Waals surface area contributed by atoms with Crippen molar-refractivity contribution in [1.29, 1.82) is 0 Å². The molecule has 3 aromatic carbocycles. The van der Waals surface area contributed by atoms with Crippen molar-refractivity contribution in [3.8, 4) is 11.5 Å². The van der Waals surface area contributed by atoms with Crippen LogP contribution in [0.1, 0.15) is 17.5 Å². The van der Waals surface area contributed by atoms with Crippen LogP contribution in [-0.4, -0.2) is 18.8 Å². The minimum atomic E-state index is -0.558. The second kappa shape index (κ2) is 6.48. The molecule has 0 bridgehead atoms. The van der Waals surface area contributed by atoms with Crippen LogP contribution in [0, 0.1) is 11.6 Å². The fourth-order valence-corrected chi connectivity index (χ4v) is 3.73. The summed E-state index contributed by atoms with van der Waals surface area (Å²) in [5, 5.41) is 12.3. The van der Waals surface area contributed by atoms with Crippen LogP contribution in [0.5, 0.6) is 11.5 Å². The number of anilines is 1. The molecule has 0 unspecified atom stereocenters. The quantitative estimate of drug-likeness (QED) is 0.734. The summed E-state index contributed by atoms with van der Waals surface area (Å²) in [4.78, 5) is 1.88. The van der Waals surface area contributed by atoms with E-state index in [0.29, 0.717) is 42.1 Å². The van der Waals surface area contributed by atoms with Gasteiger partial charge in [0.15, 0.2) is 0 Å². The lowest BCUT2D eigenvalue weighted by Crippen LogP contribution is -2.30. The number of rotatable bonds is 3. The SMILES string of the molecule is COc1ccc2ccc(O)c(CN3CCCc4cc(F)cc(F)c43)c2c1. The number of hydrogen-bond donors (Lipinski definition) is 1. The number of benzene rings is 3. The molecular weight excluding hydrogens is 336 g/mol. The molecule has 0 radical (unpaired) electrons. The van der Waals surface area contributed by atoms with Gasteiger partial charge in [-0.2, -0.15) is 0 Å². The van der Waals surface area contributed by atoms with Crippen LogP contribution in [0.2, 0.25) is 0 Å². The maximum absolute atomic E-state index is 14.5. The van der Waals surface area contributed by atoms with Crippen molar-refractivity contribution in [2.24, 2.45) is 0 Å². The largest absolute Gasteiger partial charge is 0.508 e. The molecule has 0 saturated heterocycles. The predicted octanol–water partition coefficient (Wildman–Crippen LogP) is 4.79. The van der Waals surface area contributed by atoms with Crippen molar-refractivity contribution in [3.05, 3.63) is 65.2 Å². The van der Waals surface area contributed by atoms with E-state index in [1.807, 2.05) is 29.2 Å². The molecule has 1 N–H and O–H groups in total. The molecule has 5 heteroatoms. The first-order valence-electron chi connectivity index (χ1n) is 8.58. The highest BCUT2D eigenvalue weighted by Crippen LogP contribution is 2.36. The highest BCUT2D eigenvalue weighted by molar-refractivity contribution is 5.89. The molecule has 0 fully saturated rings. The Labute approximate surface area is 150 Å². The summed E-state index contributed by atoms with van der Waals surface area (Å²) in [6.45, 7) is 0.987. The van der Waals surface area contributed by atoms with Crippen LogP contribution in [0.15, 0.2) is 42.5 Å². The summed E-state index contributed by atoms with van der Waals surface area (Å²) in [6.07, 6.45) is 1.46. The van der Waals surface area contributed by atoms with E-state index in [4.69, 9.17) is 4.74 Å². The Morgan fingerprint density at radius 2 is 1.92 bits per heavy atom. The molecule has 3 aromatic rings. The molecule has 0 aromatic heterocycles. The summed E-state index contributed by atoms with van der Waals surface area (Å²) in [7, 11) is 1.59. The van der Waals surface area contributed by atoms with Gasteiger partial charge in [-0.15, -0.1) is 0 Å². The molecule has 26 heavy (non-hydrogen) atoms. The van der Waals surface area contributed by atoms with Crippen molar-refractivity contribution in [3.63, 3.8) is 0 Å². The van der Waals surface area contributed by atoms with Crippen molar-refractivity contribution in [1.82, 2.24) is 0 Å². The van der Waals surface area contributed by atoms with E-state index in [1.54, 1.807) is 13.2 Å². The summed E-state index contributed by atoms with van der Waals surface area (Å²) >= 11 is 0. The van der Waals surface area contributed by atoms with Crippen LogP contribution < -0.4 is 9.64 Å². The number of hydrogen-bond acceptors (Lipinski definition) is 3. The number of aryl methyl sites for hydroxylation is 1. The van der Waals surface area contributed by atoms with Crippen LogP contribution >= 0.6 is 0 Å². The highest BCUT2D eigenvalue weighted by Gasteiger charge is 2.23. The molecule has 0 amide bonds. The second-order valence-electron chi connectivity index (χ2n) is 6.57. The van der Waals surface area contributed by atoms with Gasteiger partial charge in [-0.05, 0) is 53.4 Å². The first kappa shape index (κ1) is 16.6. The molecule has 4 rings (SSSR count). The summed E-state index contributed by atoms with van der Waals surface area (Å²) < 4.78 is 33.3. The topological polar surface area (TPSA) is 32.7 Å². The number of fused-ring (bicyclic) bond motifs is 2. The van der Waals surface area contributed by atoms with E-state index in [1.165, 1.54) is 6.07 Å². The maximum Gasteiger partial charge on any atom is 0.149 e. The first-order chi connectivity index (χ1) is 12.6. The van der Waals surface area contributed by atoms with Gasteiger partial charge in [0.05, 0.1) is 12.8 Å². The first-order valence-corrected chi connectivity index (χ1v) is 8.58. The Balaban J connectivity index is 1.81. The number of methoxy groups -OCH3 is 1. The Hall–Kier alpha value is -2.82. The van der Waals surface area contributed by atoms with Crippen LogP contribution in [0.4, 0.5) is 14.5 Å². The van der Waals surface area contributed by atoms with Gasteiger partial charge in [-0.3, -0.25) is 0 Å². The molecule has 134 valence electrons. The molecule has 1 aliphatic rings. The van der Waals surface area contributed by atoms with Crippen molar-refractivity contribution in [2.75, 3.05) is 18.6 Å². The number of nitrogens with zero attached hydrogens (tertiary/aromatic N) is 1. The Kier molecular flexibility index (Phi) is 4.15. The Bertz CT molecular complexity index is 987. The molecule has 0 aliphatic carbocycles. The van der Waals surface area contributed by atoms with E-state index in [9.17, 15) is 13.9 Å². The lowest BCUT2D eigenvalue weighted by atomic mass is 9.98. The van der Waals surface area contributed by atoms with Crippen molar-refractivity contribution >= 4 is 16.5 Å². The van der Waals surface area contributed by atoms with E-state index in [0.717, 1.165) is 23.3 Å². The lowest BCUT2D eigenvalue weighted by molar-refractivity contribution is 0.415. The van der Waals surface area contributed by atoms with Gasteiger partial charge in [0.1, 0.15) is 23.1 Å². The van der Waals surface area contributed by atoms with Crippen molar-refractivity contribution in [2.45, 2.75) is 19.4 Å². The Morgan fingerprint density at radius 1 is 1.12 bits per heavy atom. The van der Waals surface area contributed by atoms with E-state index >= 15 is 0 Å². The van der Waals surface area contributed by atoms with Crippen molar-refractivity contribution < 1.29 is 18.6 Å². The summed E-state index contributed by atoms with van der Waals surface area (Å²) in [5.74, 6) is -0.269.